The van der Waals surface area contributed by atoms with Crippen molar-refractivity contribution in [2.24, 2.45) is 5.92 Å². The predicted molar refractivity (Wildman–Crippen MR) is 70.1 cm³/mol. The van der Waals surface area contributed by atoms with Crippen molar-refractivity contribution in [2.45, 2.75) is 20.8 Å². The summed E-state index contributed by atoms with van der Waals surface area (Å²) in [6.07, 6.45) is 0. The molecule has 0 aliphatic rings. The smallest absolute Gasteiger partial charge is 0.252 e. The predicted octanol–water partition coefficient (Wildman–Crippen LogP) is 2.13. The van der Waals surface area contributed by atoms with Crippen molar-refractivity contribution in [3.63, 3.8) is 0 Å². The second-order valence-electron chi connectivity index (χ2n) is 4.56. The van der Waals surface area contributed by atoms with Crippen LogP contribution in [0.5, 0.6) is 0 Å². The Bertz CT molecular complexity index is 569. The van der Waals surface area contributed by atoms with Crippen molar-refractivity contribution in [1.82, 2.24) is 14.8 Å². The van der Waals surface area contributed by atoms with E-state index in [-0.39, 0.29) is 17.8 Å². The summed E-state index contributed by atoms with van der Waals surface area (Å²) in [5, 5.41) is 4.16. The molecule has 0 saturated heterocycles. The molecule has 2 N–H and O–H groups in total. The number of carbonyl (C=O) groups excluding carboxylic acids is 1. The van der Waals surface area contributed by atoms with Crippen molar-refractivity contribution >= 4 is 11.9 Å². The Hall–Kier alpha value is -2.17. The van der Waals surface area contributed by atoms with E-state index in [9.17, 15) is 4.79 Å². The molecule has 1 aromatic heterocycles. The molecule has 1 heterocycles. The largest absolute Gasteiger partial charge is 0.368 e. The SMILES string of the molecule is Cc1ccc(-c2nc(N)n(C(=O)C(C)C)n2)cc1. The van der Waals surface area contributed by atoms with Crippen LogP contribution in [0.15, 0.2) is 24.3 Å². The number of benzene rings is 1. The fourth-order valence-corrected chi connectivity index (χ4v) is 1.56. The van der Waals surface area contributed by atoms with Crippen LogP contribution in [0.2, 0.25) is 0 Å². The highest BCUT2D eigenvalue weighted by Gasteiger charge is 2.17. The number of carbonyl (C=O) groups is 1. The number of nitrogens with zero attached hydrogens (tertiary/aromatic N) is 3. The molecule has 0 aliphatic heterocycles. The van der Waals surface area contributed by atoms with Crippen LogP contribution in [-0.2, 0) is 0 Å². The van der Waals surface area contributed by atoms with E-state index in [1.54, 1.807) is 13.8 Å². The fraction of sp³-hybridized carbons (Fsp3) is 0.308. The Morgan fingerprint density at radius 2 is 1.89 bits per heavy atom. The van der Waals surface area contributed by atoms with Crippen molar-refractivity contribution in [1.29, 1.82) is 0 Å². The van der Waals surface area contributed by atoms with E-state index in [0.29, 0.717) is 5.82 Å². The van der Waals surface area contributed by atoms with Crippen LogP contribution in [0, 0.1) is 12.8 Å². The molecule has 0 atom stereocenters. The summed E-state index contributed by atoms with van der Waals surface area (Å²) < 4.78 is 1.17. The molecule has 0 radical (unpaired) electrons. The van der Waals surface area contributed by atoms with Crippen LogP contribution in [0.4, 0.5) is 5.95 Å². The molecule has 0 bridgehead atoms. The van der Waals surface area contributed by atoms with Gasteiger partial charge in [-0.25, -0.2) is 0 Å². The summed E-state index contributed by atoms with van der Waals surface area (Å²) in [4.78, 5) is 16.0. The van der Waals surface area contributed by atoms with Gasteiger partial charge in [0.1, 0.15) is 0 Å². The monoisotopic (exact) mass is 244 g/mol. The first-order valence-corrected chi connectivity index (χ1v) is 5.83. The second kappa shape index (κ2) is 4.60. The molecule has 2 aromatic rings. The third kappa shape index (κ3) is 2.25. The molecule has 1 aromatic carbocycles. The maximum absolute atomic E-state index is 11.8. The molecule has 0 spiro atoms. The molecule has 5 nitrogen and oxygen atoms in total. The van der Waals surface area contributed by atoms with Gasteiger partial charge in [0.05, 0.1) is 0 Å². The lowest BCUT2D eigenvalue weighted by atomic mass is 10.1. The highest BCUT2D eigenvalue weighted by atomic mass is 16.2. The third-order valence-electron chi connectivity index (χ3n) is 2.64. The normalized spacial score (nSPS) is 10.9. The number of nitrogen functional groups attached to an aromatic ring is 1. The Labute approximate surface area is 106 Å². The first-order chi connectivity index (χ1) is 8.49. The van der Waals surface area contributed by atoms with Crippen LogP contribution in [-0.4, -0.2) is 20.7 Å². The number of aryl methyl sites for hydroxylation is 1. The summed E-state index contributed by atoms with van der Waals surface area (Å²) >= 11 is 0. The van der Waals surface area contributed by atoms with Gasteiger partial charge >= 0.3 is 0 Å². The van der Waals surface area contributed by atoms with Gasteiger partial charge in [-0.15, -0.1) is 5.10 Å². The van der Waals surface area contributed by atoms with Crippen LogP contribution >= 0.6 is 0 Å². The van der Waals surface area contributed by atoms with Gasteiger partial charge in [-0.05, 0) is 6.92 Å². The lowest BCUT2D eigenvalue weighted by molar-refractivity contribution is 0.0842. The molecule has 0 unspecified atom stereocenters. The van der Waals surface area contributed by atoms with Crippen LogP contribution in [0.3, 0.4) is 0 Å². The number of hydrogen-bond acceptors (Lipinski definition) is 4. The highest BCUT2D eigenvalue weighted by Crippen LogP contribution is 2.17. The van der Waals surface area contributed by atoms with Gasteiger partial charge in [-0.1, -0.05) is 43.7 Å². The van der Waals surface area contributed by atoms with Crippen molar-refractivity contribution in [2.75, 3.05) is 5.73 Å². The minimum absolute atomic E-state index is 0.129. The van der Waals surface area contributed by atoms with Gasteiger partial charge in [0.15, 0.2) is 5.82 Å². The molecule has 94 valence electrons. The number of rotatable bonds is 2. The van der Waals surface area contributed by atoms with Crippen LogP contribution < -0.4 is 5.73 Å². The van der Waals surface area contributed by atoms with Crippen molar-refractivity contribution in [3.05, 3.63) is 29.8 Å². The van der Waals surface area contributed by atoms with Gasteiger partial charge in [-0.2, -0.15) is 9.67 Å². The van der Waals surface area contributed by atoms with Crippen molar-refractivity contribution < 1.29 is 4.79 Å². The summed E-state index contributed by atoms with van der Waals surface area (Å²) in [5.74, 6) is 0.281. The van der Waals surface area contributed by atoms with Crippen LogP contribution in [0.1, 0.15) is 24.2 Å². The van der Waals surface area contributed by atoms with E-state index in [0.717, 1.165) is 11.1 Å². The van der Waals surface area contributed by atoms with E-state index in [1.807, 2.05) is 31.2 Å². The number of hydrogen-bond donors (Lipinski definition) is 1. The fourth-order valence-electron chi connectivity index (χ4n) is 1.56. The first kappa shape index (κ1) is 12.3. The zero-order chi connectivity index (χ0) is 13.3. The number of aromatic nitrogens is 3. The summed E-state index contributed by atoms with van der Waals surface area (Å²) in [6.45, 7) is 5.61. The quantitative estimate of drug-likeness (QED) is 0.878. The van der Waals surface area contributed by atoms with Gasteiger partial charge in [0.25, 0.3) is 5.91 Å². The van der Waals surface area contributed by atoms with E-state index in [4.69, 9.17) is 5.73 Å². The molecule has 18 heavy (non-hydrogen) atoms. The Kier molecular flexibility index (Phi) is 3.14. The van der Waals surface area contributed by atoms with E-state index >= 15 is 0 Å². The van der Waals surface area contributed by atoms with Crippen molar-refractivity contribution in [3.8, 4) is 11.4 Å². The molecule has 5 heteroatoms. The highest BCUT2D eigenvalue weighted by molar-refractivity contribution is 5.82. The number of nitrogens with two attached hydrogens (primary N) is 1. The molecule has 0 aliphatic carbocycles. The average molecular weight is 244 g/mol. The standard InChI is InChI=1S/C13H16N4O/c1-8(2)12(18)17-13(14)15-11(16-17)10-6-4-9(3)5-7-10/h4-8H,1-3H3,(H2,14,15,16). The van der Waals surface area contributed by atoms with Gasteiger partial charge in [0, 0.05) is 11.5 Å². The van der Waals surface area contributed by atoms with Gasteiger partial charge < -0.3 is 5.73 Å². The maximum atomic E-state index is 11.8. The van der Waals surface area contributed by atoms with E-state index in [2.05, 4.69) is 10.1 Å². The molecular formula is C13H16N4O. The molecule has 0 fully saturated rings. The maximum Gasteiger partial charge on any atom is 0.252 e. The lowest BCUT2D eigenvalue weighted by Gasteiger charge is -2.03. The Balaban J connectivity index is 2.40. The average Bonchev–Trinajstić information content (AvgIpc) is 2.71. The van der Waals surface area contributed by atoms with Crippen LogP contribution in [0.25, 0.3) is 11.4 Å². The number of anilines is 1. The van der Waals surface area contributed by atoms with Gasteiger partial charge in [0.2, 0.25) is 5.95 Å². The summed E-state index contributed by atoms with van der Waals surface area (Å²) in [5.41, 5.74) is 7.72. The summed E-state index contributed by atoms with van der Waals surface area (Å²) in [7, 11) is 0. The Morgan fingerprint density at radius 1 is 1.28 bits per heavy atom. The molecule has 2 rings (SSSR count). The zero-order valence-corrected chi connectivity index (χ0v) is 10.7. The zero-order valence-electron chi connectivity index (χ0n) is 10.7. The minimum Gasteiger partial charge on any atom is -0.368 e. The third-order valence-corrected chi connectivity index (χ3v) is 2.64. The van der Waals surface area contributed by atoms with E-state index in [1.165, 1.54) is 4.68 Å². The topological polar surface area (TPSA) is 73.8 Å². The Morgan fingerprint density at radius 3 is 2.44 bits per heavy atom. The molecular weight excluding hydrogens is 228 g/mol. The second-order valence-corrected chi connectivity index (χ2v) is 4.56. The lowest BCUT2D eigenvalue weighted by Crippen LogP contribution is -2.20. The minimum atomic E-state index is -0.167. The first-order valence-electron chi connectivity index (χ1n) is 5.83. The summed E-state index contributed by atoms with van der Waals surface area (Å²) in [6, 6.07) is 7.76. The van der Waals surface area contributed by atoms with E-state index < -0.39 is 0 Å². The molecule has 0 amide bonds. The van der Waals surface area contributed by atoms with Gasteiger partial charge in [-0.3, -0.25) is 4.79 Å². The molecule has 0 saturated carbocycles.